The Balaban J connectivity index is 1.46. The van der Waals surface area contributed by atoms with Crippen LogP contribution in [0.15, 0.2) is 41.6 Å². The van der Waals surface area contributed by atoms with Crippen LogP contribution < -0.4 is 10.1 Å². The summed E-state index contributed by atoms with van der Waals surface area (Å²) in [6, 6.07) is 11.4. The van der Waals surface area contributed by atoms with Crippen molar-refractivity contribution in [3.63, 3.8) is 0 Å². The van der Waals surface area contributed by atoms with E-state index in [2.05, 4.69) is 20.6 Å². The third-order valence-electron chi connectivity index (χ3n) is 4.50. The lowest BCUT2D eigenvalue weighted by atomic mass is 10.1. The Kier molecular flexibility index (Phi) is 5.73. The van der Waals surface area contributed by atoms with Crippen molar-refractivity contribution in [3.8, 4) is 17.0 Å². The largest absolute Gasteiger partial charge is 0.496 e. The molecule has 4 rings (SSSR count). The molecule has 2 aromatic heterocycles. The van der Waals surface area contributed by atoms with E-state index < -0.39 is 0 Å². The summed E-state index contributed by atoms with van der Waals surface area (Å²) in [6.07, 6.45) is 2.19. The number of ether oxygens (including phenoxy) is 2. The number of fused-ring (bicyclic) bond motifs is 1. The van der Waals surface area contributed by atoms with Gasteiger partial charge < -0.3 is 14.8 Å². The Morgan fingerprint density at radius 3 is 3.04 bits per heavy atom. The van der Waals surface area contributed by atoms with Crippen LogP contribution in [-0.4, -0.2) is 57.8 Å². The first-order valence-electron chi connectivity index (χ1n) is 9.11. The van der Waals surface area contributed by atoms with E-state index in [1.54, 1.807) is 11.6 Å². The number of hydrogen-bond donors (Lipinski definition) is 1. The first kappa shape index (κ1) is 18.7. The number of methoxy groups -OCH3 is 1. The molecule has 1 aliphatic rings. The van der Waals surface area contributed by atoms with Gasteiger partial charge in [0.15, 0.2) is 5.65 Å². The summed E-state index contributed by atoms with van der Waals surface area (Å²) in [5.74, 6) is 0.928. The van der Waals surface area contributed by atoms with E-state index in [1.165, 1.54) is 11.8 Å². The number of rotatable bonds is 7. The van der Waals surface area contributed by atoms with Gasteiger partial charge >= 0.3 is 0 Å². The van der Waals surface area contributed by atoms with Gasteiger partial charge in [-0.05, 0) is 37.1 Å². The zero-order chi connectivity index (χ0) is 19.3. The van der Waals surface area contributed by atoms with Gasteiger partial charge in [-0.25, -0.2) is 0 Å². The molecule has 1 atom stereocenters. The standard InChI is InChI=1S/C19H21N5O3S/c1-26-16-7-3-2-6-14(16)15-8-9-17-21-22-19(24(17)23-15)28-12-18(25)20-11-13-5-4-10-27-13/h2-3,6-9,13H,4-5,10-12H2,1H3,(H,20,25)/t13-/m1/s1. The lowest BCUT2D eigenvalue weighted by Gasteiger charge is -2.10. The highest BCUT2D eigenvalue weighted by Crippen LogP contribution is 2.28. The van der Waals surface area contributed by atoms with Crippen molar-refractivity contribution < 1.29 is 14.3 Å². The molecule has 1 amide bonds. The molecule has 1 saturated heterocycles. The molecule has 28 heavy (non-hydrogen) atoms. The van der Waals surface area contributed by atoms with Crippen LogP contribution in [0.4, 0.5) is 0 Å². The summed E-state index contributed by atoms with van der Waals surface area (Å²) >= 11 is 1.30. The summed E-state index contributed by atoms with van der Waals surface area (Å²) in [4.78, 5) is 12.1. The fourth-order valence-corrected chi connectivity index (χ4v) is 3.79. The van der Waals surface area contributed by atoms with E-state index >= 15 is 0 Å². The van der Waals surface area contributed by atoms with Gasteiger partial charge in [-0.2, -0.15) is 9.61 Å². The number of benzene rings is 1. The highest BCUT2D eigenvalue weighted by atomic mass is 32.2. The fourth-order valence-electron chi connectivity index (χ4n) is 3.07. The van der Waals surface area contributed by atoms with Crippen molar-refractivity contribution in [3.05, 3.63) is 36.4 Å². The first-order valence-corrected chi connectivity index (χ1v) is 10.1. The van der Waals surface area contributed by atoms with Crippen molar-refractivity contribution in [2.75, 3.05) is 26.0 Å². The molecule has 8 nitrogen and oxygen atoms in total. The molecule has 0 aliphatic carbocycles. The van der Waals surface area contributed by atoms with Crippen LogP contribution in [0.3, 0.4) is 0 Å². The van der Waals surface area contributed by atoms with Gasteiger partial charge in [0.1, 0.15) is 5.75 Å². The molecular weight excluding hydrogens is 378 g/mol. The number of carbonyl (C=O) groups excluding carboxylic acids is 1. The van der Waals surface area contributed by atoms with Crippen molar-refractivity contribution in [1.29, 1.82) is 0 Å². The van der Waals surface area contributed by atoms with Crippen LogP contribution in [0.5, 0.6) is 5.75 Å². The number of carbonyl (C=O) groups is 1. The highest BCUT2D eigenvalue weighted by molar-refractivity contribution is 7.99. The average Bonchev–Trinajstić information content (AvgIpc) is 3.40. The third kappa shape index (κ3) is 4.10. The molecule has 1 fully saturated rings. The van der Waals surface area contributed by atoms with E-state index in [-0.39, 0.29) is 17.8 Å². The summed E-state index contributed by atoms with van der Waals surface area (Å²) in [7, 11) is 1.63. The van der Waals surface area contributed by atoms with Crippen LogP contribution in [0, 0.1) is 0 Å². The minimum absolute atomic E-state index is 0.0573. The van der Waals surface area contributed by atoms with Crippen molar-refractivity contribution in [1.82, 2.24) is 25.1 Å². The van der Waals surface area contributed by atoms with Gasteiger partial charge in [-0.15, -0.1) is 10.2 Å². The second-order valence-corrected chi connectivity index (χ2v) is 7.34. The molecule has 3 aromatic rings. The molecule has 0 spiro atoms. The summed E-state index contributed by atoms with van der Waals surface area (Å²) in [5.41, 5.74) is 2.25. The first-order chi connectivity index (χ1) is 13.7. The monoisotopic (exact) mass is 399 g/mol. The Morgan fingerprint density at radius 2 is 2.21 bits per heavy atom. The van der Waals surface area contributed by atoms with Crippen LogP contribution in [0.25, 0.3) is 16.9 Å². The predicted molar refractivity (Wildman–Crippen MR) is 105 cm³/mol. The third-order valence-corrected chi connectivity index (χ3v) is 5.42. The topological polar surface area (TPSA) is 90.6 Å². The number of amides is 1. The molecule has 0 saturated carbocycles. The van der Waals surface area contributed by atoms with Gasteiger partial charge in [0.2, 0.25) is 11.1 Å². The molecule has 0 bridgehead atoms. The zero-order valence-electron chi connectivity index (χ0n) is 15.5. The smallest absolute Gasteiger partial charge is 0.230 e. The van der Waals surface area contributed by atoms with Crippen molar-refractivity contribution in [2.24, 2.45) is 0 Å². The summed E-state index contributed by atoms with van der Waals surface area (Å²) < 4.78 is 12.6. The molecule has 0 unspecified atom stereocenters. The van der Waals surface area contributed by atoms with E-state index in [9.17, 15) is 4.79 Å². The van der Waals surface area contributed by atoms with Crippen molar-refractivity contribution in [2.45, 2.75) is 24.1 Å². The lowest BCUT2D eigenvalue weighted by molar-refractivity contribution is -0.119. The molecule has 1 N–H and O–H groups in total. The van der Waals surface area contributed by atoms with Gasteiger partial charge in [0.05, 0.1) is 24.7 Å². The normalized spacial score (nSPS) is 16.4. The SMILES string of the molecule is COc1ccccc1-c1ccc2nnc(SCC(=O)NC[C@H]3CCCO3)n2n1. The fraction of sp³-hybridized carbons (Fsp3) is 0.368. The van der Waals surface area contributed by atoms with Gasteiger partial charge in [-0.3, -0.25) is 4.79 Å². The second-order valence-electron chi connectivity index (χ2n) is 6.40. The van der Waals surface area contributed by atoms with Crippen LogP contribution >= 0.6 is 11.8 Å². The zero-order valence-corrected chi connectivity index (χ0v) is 16.3. The van der Waals surface area contributed by atoms with E-state index in [4.69, 9.17) is 9.47 Å². The Bertz CT molecular complexity index is 971. The Labute approximate surface area is 166 Å². The molecular formula is C19H21N5O3S. The second kappa shape index (κ2) is 8.57. The Hall–Kier alpha value is -2.65. The molecule has 0 radical (unpaired) electrons. The van der Waals surface area contributed by atoms with E-state index in [0.29, 0.717) is 17.3 Å². The molecule has 1 aromatic carbocycles. The maximum absolute atomic E-state index is 12.1. The van der Waals surface area contributed by atoms with Gasteiger partial charge in [0.25, 0.3) is 0 Å². The molecule has 146 valence electrons. The summed E-state index contributed by atoms with van der Waals surface area (Å²) in [6.45, 7) is 1.33. The van der Waals surface area contributed by atoms with E-state index in [1.807, 2.05) is 36.4 Å². The minimum Gasteiger partial charge on any atom is -0.496 e. The number of nitrogens with zero attached hydrogens (tertiary/aromatic N) is 4. The van der Waals surface area contributed by atoms with Crippen molar-refractivity contribution >= 4 is 23.3 Å². The molecule has 3 heterocycles. The van der Waals surface area contributed by atoms with Gasteiger partial charge in [-0.1, -0.05) is 23.9 Å². The number of thioether (sulfide) groups is 1. The highest BCUT2D eigenvalue weighted by Gasteiger charge is 2.17. The van der Waals surface area contributed by atoms with Crippen LogP contribution in [-0.2, 0) is 9.53 Å². The number of para-hydroxylation sites is 1. The summed E-state index contributed by atoms with van der Waals surface area (Å²) in [5, 5.41) is 16.4. The lowest BCUT2D eigenvalue weighted by Crippen LogP contribution is -2.32. The maximum atomic E-state index is 12.1. The number of hydrogen-bond acceptors (Lipinski definition) is 7. The number of nitrogens with one attached hydrogen (secondary N) is 1. The average molecular weight is 399 g/mol. The van der Waals surface area contributed by atoms with Crippen LogP contribution in [0.1, 0.15) is 12.8 Å². The number of aromatic nitrogens is 4. The predicted octanol–water partition coefficient (Wildman–Crippen LogP) is 2.19. The molecule has 9 heteroatoms. The quantitative estimate of drug-likeness (QED) is 0.609. The van der Waals surface area contributed by atoms with Crippen LogP contribution in [0.2, 0.25) is 0 Å². The van der Waals surface area contributed by atoms with Gasteiger partial charge in [0, 0.05) is 18.7 Å². The Morgan fingerprint density at radius 1 is 1.32 bits per heavy atom. The molecule has 1 aliphatic heterocycles. The minimum atomic E-state index is -0.0573. The maximum Gasteiger partial charge on any atom is 0.230 e. The van der Waals surface area contributed by atoms with E-state index in [0.717, 1.165) is 36.5 Å².